The Morgan fingerprint density at radius 3 is 2.76 bits per heavy atom. The molecule has 2 rings (SSSR count). The molecule has 0 spiro atoms. The molecule has 2 nitrogen and oxygen atoms in total. The molecule has 3 heteroatoms. The van der Waals surface area contributed by atoms with E-state index in [4.69, 9.17) is 5.73 Å². The molecule has 2 atom stereocenters. The van der Waals surface area contributed by atoms with Gasteiger partial charge in [-0.25, -0.2) is 4.39 Å². The molecular weight excluding hydrogens is 215 g/mol. The highest BCUT2D eigenvalue weighted by Crippen LogP contribution is 2.32. The largest absolute Gasteiger partial charge is 0.366 e. The van der Waals surface area contributed by atoms with Gasteiger partial charge in [0.1, 0.15) is 5.82 Å². The van der Waals surface area contributed by atoms with E-state index in [0.717, 1.165) is 17.7 Å². The van der Waals surface area contributed by atoms with Crippen LogP contribution in [0, 0.1) is 5.82 Å². The first kappa shape index (κ1) is 12.4. The lowest BCUT2D eigenvalue weighted by molar-refractivity contribution is 0.608. The van der Waals surface area contributed by atoms with Crippen LogP contribution in [0.25, 0.3) is 0 Å². The molecule has 1 aromatic carbocycles. The average molecular weight is 236 g/mol. The van der Waals surface area contributed by atoms with Crippen LogP contribution in [-0.4, -0.2) is 12.1 Å². The number of anilines is 1. The van der Waals surface area contributed by atoms with E-state index in [-0.39, 0.29) is 5.82 Å². The van der Waals surface area contributed by atoms with Gasteiger partial charge in [0.15, 0.2) is 0 Å². The Morgan fingerprint density at radius 1 is 1.35 bits per heavy atom. The Hall–Kier alpha value is -1.09. The number of halogens is 1. The third-order valence-corrected chi connectivity index (χ3v) is 3.73. The first-order valence-corrected chi connectivity index (χ1v) is 6.43. The molecule has 0 saturated carbocycles. The number of nitrogens with two attached hydrogens (primary N) is 1. The summed E-state index contributed by atoms with van der Waals surface area (Å²) in [5, 5.41) is 0. The van der Waals surface area contributed by atoms with Gasteiger partial charge >= 0.3 is 0 Å². The summed E-state index contributed by atoms with van der Waals surface area (Å²) < 4.78 is 13.5. The minimum absolute atomic E-state index is 0.183. The minimum atomic E-state index is -0.183. The molecule has 1 aliphatic rings. The van der Waals surface area contributed by atoms with E-state index in [1.165, 1.54) is 18.9 Å². The Labute approximate surface area is 103 Å². The lowest BCUT2D eigenvalue weighted by atomic mass is 10.1. The zero-order valence-electron chi connectivity index (χ0n) is 10.6. The van der Waals surface area contributed by atoms with Crippen LogP contribution in [0.2, 0.25) is 0 Å². The van der Waals surface area contributed by atoms with Crippen LogP contribution in [0.1, 0.15) is 38.7 Å². The number of benzene rings is 1. The standard InChI is InChI=1S/C14H21FN2/c1-3-13-5-4-10(2)17(13)14-7-11(9-16)6-12(15)8-14/h6-8,10,13H,3-5,9,16H2,1-2H3. The summed E-state index contributed by atoms with van der Waals surface area (Å²) in [6, 6.07) is 6.20. The fraction of sp³-hybridized carbons (Fsp3) is 0.571. The summed E-state index contributed by atoms with van der Waals surface area (Å²) in [4.78, 5) is 2.35. The number of hydrogen-bond acceptors (Lipinski definition) is 2. The lowest BCUT2D eigenvalue weighted by Crippen LogP contribution is -2.34. The van der Waals surface area contributed by atoms with Crippen molar-refractivity contribution in [3.05, 3.63) is 29.6 Å². The zero-order valence-corrected chi connectivity index (χ0v) is 10.6. The number of rotatable bonds is 3. The fourth-order valence-corrected chi connectivity index (χ4v) is 2.84. The maximum Gasteiger partial charge on any atom is 0.125 e. The summed E-state index contributed by atoms with van der Waals surface area (Å²) in [5.74, 6) is -0.183. The van der Waals surface area contributed by atoms with Crippen molar-refractivity contribution >= 4 is 5.69 Å². The average Bonchev–Trinajstić information content (AvgIpc) is 2.69. The quantitative estimate of drug-likeness (QED) is 0.874. The molecule has 0 amide bonds. The Bertz CT molecular complexity index is 392. The van der Waals surface area contributed by atoms with Gasteiger partial charge < -0.3 is 10.6 Å². The highest BCUT2D eigenvalue weighted by molar-refractivity contribution is 5.52. The van der Waals surface area contributed by atoms with E-state index in [2.05, 4.69) is 18.7 Å². The van der Waals surface area contributed by atoms with Crippen molar-refractivity contribution in [3.63, 3.8) is 0 Å². The third-order valence-electron chi connectivity index (χ3n) is 3.73. The minimum Gasteiger partial charge on any atom is -0.366 e. The van der Waals surface area contributed by atoms with Crippen LogP contribution in [0.15, 0.2) is 18.2 Å². The van der Waals surface area contributed by atoms with E-state index in [1.807, 2.05) is 6.07 Å². The van der Waals surface area contributed by atoms with Gasteiger partial charge in [0.25, 0.3) is 0 Å². The SMILES string of the molecule is CCC1CCC(C)N1c1cc(F)cc(CN)c1. The first-order valence-electron chi connectivity index (χ1n) is 6.43. The molecule has 17 heavy (non-hydrogen) atoms. The predicted molar refractivity (Wildman–Crippen MR) is 69.5 cm³/mol. The summed E-state index contributed by atoms with van der Waals surface area (Å²) in [7, 11) is 0. The molecule has 1 aliphatic heterocycles. The zero-order chi connectivity index (χ0) is 12.4. The van der Waals surface area contributed by atoms with Crippen molar-refractivity contribution in [3.8, 4) is 0 Å². The van der Waals surface area contributed by atoms with Crippen molar-refractivity contribution in [2.45, 2.75) is 51.7 Å². The second-order valence-electron chi connectivity index (χ2n) is 4.92. The second-order valence-corrected chi connectivity index (χ2v) is 4.92. The predicted octanol–water partition coefficient (Wildman–Crippen LogP) is 3.05. The van der Waals surface area contributed by atoms with E-state index < -0.39 is 0 Å². The molecule has 1 heterocycles. The molecule has 0 aliphatic carbocycles. The van der Waals surface area contributed by atoms with Gasteiger partial charge in [0.2, 0.25) is 0 Å². The van der Waals surface area contributed by atoms with Gasteiger partial charge in [0.05, 0.1) is 0 Å². The fourth-order valence-electron chi connectivity index (χ4n) is 2.84. The molecule has 0 radical (unpaired) electrons. The lowest BCUT2D eigenvalue weighted by Gasteiger charge is -2.30. The van der Waals surface area contributed by atoms with Crippen LogP contribution < -0.4 is 10.6 Å². The molecule has 1 fully saturated rings. The van der Waals surface area contributed by atoms with E-state index in [9.17, 15) is 4.39 Å². The van der Waals surface area contributed by atoms with Crippen molar-refractivity contribution in [2.75, 3.05) is 4.90 Å². The molecule has 2 unspecified atom stereocenters. The van der Waals surface area contributed by atoms with Gasteiger partial charge in [-0.3, -0.25) is 0 Å². The number of hydrogen-bond donors (Lipinski definition) is 1. The third kappa shape index (κ3) is 2.44. The van der Waals surface area contributed by atoms with Gasteiger partial charge in [-0.05, 0) is 49.9 Å². The van der Waals surface area contributed by atoms with E-state index in [1.54, 1.807) is 6.07 Å². The Morgan fingerprint density at radius 2 is 2.12 bits per heavy atom. The molecule has 2 N–H and O–H groups in total. The van der Waals surface area contributed by atoms with Crippen molar-refractivity contribution in [2.24, 2.45) is 5.73 Å². The first-order chi connectivity index (χ1) is 8.15. The summed E-state index contributed by atoms with van der Waals surface area (Å²) in [6.07, 6.45) is 3.50. The monoisotopic (exact) mass is 236 g/mol. The maximum absolute atomic E-state index is 13.5. The summed E-state index contributed by atoms with van der Waals surface area (Å²) in [5.41, 5.74) is 7.46. The van der Waals surface area contributed by atoms with Gasteiger partial charge in [-0.1, -0.05) is 6.92 Å². The highest BCUT2D eigenvalue weighted by Gasteiger charge is 2.29. The summed E-state index contributed by atoms with van der Waals surface area (Å²) >= 11 is 0. The highest BCUT2D eigenvalue weighted by atomic mass is 19.1. The normalized spacial score (nSPS) is 24.4. The smallest absolute Gasteiger partial charge is 0.125 e. The Balaban J connectivity index is 2.34. The molecule has 0 bridgehead atoms. The van der Waals surface area contributed by atoms with Crippen LogP contribution in [-0.2, 0) is 6.54 Å². The van der Waals surface area contributed by atoms with Crippen molar-refractivity contribution in [1.82, 2.24) is 0 Å². The van der Waals surface area contributed by atoms with Crippen molar-refractivity contribution in [1.29, 1.82) is 0 Å². The molecular formula is C14H21FN2. The van der Waals surface area contributed by atoms with Gasteiger partial charge in [0, 0.05) is 24.3 Å². The summed E-state index contributed by atoms with van der Waals surface area (Å²) in [6.45, 7) is 4.80. The number of nitrogens with zero attached hydrogens (tertiary/aromatic N) is 1. The topological polar surface area (TPSA) is 29.3 Å². The second kappa shape index (κ2) is 5.05. The molecule has 0 aromatic heterocycles. The molecule has 1 saturated heterocycles. The van der Waals surface area contributed by atoms with Crippen LogP contribution in [0.3, 0.4) is 0 Å². The van der Waals surface area contributed by atoms with Gasteiger partial charge in [-0.2, -0.15) is 0 Å². The van der Waals surface area contributed by atoms with Crippen LogP contribution in [0.4, 0.5) is 10.1 Å². The maximum atomic E-state index is 13.5. The van der Waals surface area contributed by atoms with Crippen LogP contribution in [0.5, 0.6) is 0 Å². The Kier molecular flexibility index (Phi) is 3.67. The van der Waals surface area contributed by atoms with E-state index in [0.29, 0.717) is 18.6 Å². The van der Waals surface area contributed by atoms with E-state index >= 15 is 0 Å². The van der Waals surface area contributed by atoms with Crippen molar-refractivity contribution < 1.29 is 4.39 Å². The molecule has 1 aromatic rings. The van der Waals surface area contributed by atoms with Crippen LogP contribution >= 0.6 is 0 Å². The van der Waals surface area contributed by atoms with Gasteiger partial charge in [-0.15, -0.1) is 0 Å². The molecule has 94 valence electrons.